The first kappa shape index (κ1) is 18.2. The highest BCUT2D eigenvalue weighted by molar-refractivity contribution is 5.83. The minimum atomic E-state index is -0.222. The number of rotatable bonds is 4. The van der Waals surface area contributed by atoms with Crippen molar-refractivity contribution in [2.45, 2.75) is 38.4 Å². The Hall–Kier alpha value is -2.21. The summed E-state index contributed by atoms with van der Waals surface area (Å²) in [6, 6.07) is 16.7. The minimum absolute atomic E-state index is 0.0479. The van der Waals surface area contributed by atoms with Gasteiger partial charge >= 0.3 is 0 Å². The SMILES string of the molecule is Cc1cccc(C(NC(=O)C2NNC3CCNCC32)c2cccc(C)c2)c1. The molecular formula is C22H28N4O. The number of aryl methyl sites for hydroxylation is 2. The first-order valence-corrected chi connectivity index (χ1v) is 9.77. The maximum atomic E-state index is 13.2. The van der Waals surface area contributed by atoms with Crippen LogP contribution in [0.3, 0.4) is 0 Å². The monoisotopic (exact) mass is 364 g/mol. The molecule has 2 aliphatic heterocycles. The van der Waals surface area contributed by atoms with E-state index in [1.165, 1.54) is 11.1 Å². The van der Waals surface area contributed by atoms with Gasteiger partial charge in [0, 0.05) is 18.5 Å². The lowest BCUT2D eigenvalue weighted by atomic mass is 9.88. The Morgan fingerprint density at radius 3 is 2.33 bits per heavy atom. The predicted octanol–water partition coefficient (Wildman–Crippen LogP) is 1.96. The number of nitrogens with one attached hydrogen (secondary N) is 4. The average molecular weight is 364 g/mol. The quantitative estimate of drug-likeness (QED) is 0.670. The van der Waals surface area contributed by atoms with Crippen LogP contribution in [0.2, 0.25) is 0 Å². The van der Waals surface area contributed by atoms with Gasteiger partial charge in [0.05, 0.1) is 6.04 Å². The standard InChI is InChI=1S/C22H28N4O/c1-14-5-3-7-16(11-14)20(17-8-4-6-15(2)12-17)24-22(27)21-18-13-23-10-9-19(18)25-26-21/h3-8,11-12,18-21,23,25-26H,9-10,13H2,1-2H3,(H,24,27). The van der Waals surface area contributed by atoms with Crippen LogP contribution >= 0.6 is 0 Å². The van der Waals surface area contributed by atoms with Crippen LogP contribution in [-0.4, -0.2) is 31.1 Å². The van der Waals surface area contributed by atoms with E-state index >= 15 is 0 Å². The molecule has 2 fully saturated rings. The average Bonchev–Trinajstić information content (AvgIpc) is 3.10. The number of hydrogen-bond acceptors (Lipinski definition) is 4. The Morgan fingerprint density at radius 1 is 1.04 bits per heavy atom. The number of fused-ring (bicyclic) bond motifs is 1. The smallest absolute Gasteiger partial charge is 0.239 e. The molecule has 2 saturated heterocycles. The van der Waals surface area contributed by atoms with Crippen molar-refractivity contribution < 1.29 is 4.79 Å². The molecule has 27 heavy (non-hydrogen) atoms. The Kier molecular flexibility index (Phi) is 5.25. The third-order valence-electron chi connectivity index (χ3n) is 5.70. The van der Waals surface area contributed by atoms with Gasteiger partial charge in [0.1, 0.15) is 6.04 Å². The van der Waals surface area contributed by atoms with Gasteiger partial charge in [-0.1, -0.05) is 59.7 Å². The van der Waals surface area contributed by atoms with Crippen molar-refractivity contribution >= 4 is 5.91 Å². The number of carbonyl (C=O) groups is 1. The van der Waals surface area contributed by atoms with Gasteiger partial charge in [-0.05, 0) is 37.9 Å². The van der Waals surface area contributed by atoms with Gasteiger partial charge in [0.2, 0.25) is 5.91 Å². The second-order valence-corrected chi connectivity index (χ2v) is 7.80. The lowest BCUT2D eigenvalue weighted by Crippen LogP contribution is -2.50. The molecule has 0 bridgehead atoms. The Morgan fingerprint density at radius 2 is 1.70 bits per heavy atom. The molecule has 142 valence electrons. The normalized spacial score (nSPS) is 24.6. The summed E-state index contributed by atoms with van der Waals surface area (Å²) in [5, 5.41) is 6.72. The molecule has 4 rings (SSSR count). The molecule has 0 spiro atoms. The van der Waals surface area contributed by atoms with E-state index in [1.807, 2.05) is 0 Å². The van der Waals surface area contributed by atoms with Crippen LogP contribution in [0.25, 0.3) is 0 Å². The first-order valence-electron chi connectivity index (χ1n) is 9.77. The van der Waals surface area contributed by atoms with Gasteiger partial charge in [-0.3, -0.25) is 10.2 Å². The lowest BCUT2D eigenvalue weighted by Gasteiger charge is -2.29. The summed E-state index contributed by atoms with van der Waals surface area (Å²) in [5.74, 6) is 0.320. The Labute approximate surface area is 160 Å². The zero-order chi connectivity index (χ0) is 18.8. The molecule has 0 saturated carbocycles. The largest absolute Gasteiger partial charge is 0.344 e. The Balaban J connectivity index is 1.60. The molecule has 2 aromatic carbocycles. The van der Waals surface area contributed by atoms with Crippen LogP contribution in [0, 0.1) is 19.8 Å². The lowest BCUT2D eigenvalue weighted by molar-refractivity contribution is -0.124. The zero-order valence-electron chi connectivity index (χ0n) is 16.0. The molecule has 4 N–H and O–H groups in total. The van der Waals surface area contributed by atoms with Gasteiger partial charge < -0.3 is 10.6 Å². The summed E-state index contributed by atoms with van der Waals surface area (Å²) in [6.07, 6.45) is 1.04. The van der Waals surface area contributed by atoms with Crippen molar-refractivity contribution in [2.24, 2.45) is 5.92 Å². The maximum absolute atomic E-state index is 13.2. The number of hydrogen-bond donors (Lipinski definition) is 4. The summed E-state index contributed by atoms with van der Waals surface area (Å²) in [6.45, 7) is 6.03. The van der Waals surface area contributed by atoms with Crippen molar-refractivity contribution in [2.75, 3.05) is 13.1 Å². The predicted molar refractivity (Wildman–Crippen MR) is 107 cm³/mol. The van der Waals surface area contributed by atoms with Crippen LogP contribution in [0.1, 0.15) is 34.7 Å². The molecule has 3 atom stereocenters. The van der Waals surface area contributed by atoms with Crippen LogP contribution in [0.5, 0.6) is 0 Å². The summed E-state index contributed by atoms with van der Waals surface area (Å²) in [5.41, 5.74) is 11.1. The van der Waals surface area contributed by atoms with Crippen molar-refractivity contribution in [3.8, 4) is 0 Å². The van der Waals surface area contributed by atoms with E-state index < -0.39 is 0 Å². The van der Waals surface area contributed by atoms with Crippen LogP contribution < -0.4 is 21.5 Å². The van der Waals surface area contributed by atoms with Crippen molar-refractivity contribution in [1.29, 1.82) is 0 Å². The summed E-state index contributed by atoms with van der Waals surface area (Å²) in [7, 11) is 0. The molecule has 0 aliphatic carbocycles. The first-order chi connectivity index (χ1) is 13.1. The third-order valence-corrected chi connectivity index (χ3v) is 5.70. The highest BCUT2D eigenvalue weighted by Crippen LogP contribution is 2.26. The van der Waals surface area contributed by atoms with E-state index in [1.54, 1.807) is 0 Å². The topological polar surface area (TPSA) is 65.2 Å². The fourth-order valence-corrected chi connectivity index (χ4v) is 4.27. The second kappa shape index (κ2) is 7.80. The highest BCUT2D eigenvalue weighted by atomic mass is 16.2. The van der Waals surface area contributed by atoms with Crippen molar-refractivity contribution in [1.82, 2.24) is 21.5 Å². The summed E-state index contributed by atoms with van der Waals surface area (Å²) < 4.78 is 0. The van der Waals surface area contributed by atoms with Gasteiger partial charge in [-0.2, -0.15) is 0 Å². The molecule has 5 heteroatoms. The van der Waals surface area contributed by atoms with Gasteiger partial charge in [-0.15, -0.1) is 0 Å². The number of hydrazine groups is 1. The maximum Gasteiger partial charge on any atom is 0.239 e. The molecule has 5 nitrogen and oxygen atoms in total. The van der Waals surface area contributed by atoms with Crippen molar-refractivity contribution in [3.05, 3.63) is 70.8 Å². The molecular weight excluding hydrogens is 336 g/mol. The molecule has 0 aromatic heterocycles. The molecule has 2 aliphatic rings. The number of amides is 1. The van der Waals surface area contributed by atoms with Crippen molar-refractivity contribution in [3.63, 3.8) is 0 Å². The molecule has 2 heterocycles. The Bertz CT molecular complexity index is 776. The molecule has 0 radical (unpaired) electrons. The summed E-state index contributed by atoms with van der Waals surface area (Å²) >= 11 is 0. The van der Waals surface area contributed by atoms with E-state index in [4.69, 9.17) is 0 Å². The van der Waals surface area contributed by atoms with E-state index in [2.05, 4.69) is 83.9 Å². The fraction of sp³-hybridized carbons (Fsp3) is 0.409. The number of benzene rings is 2. The minimum Gasteiger partial charge on any atom is -0.344 e. The fourth-order valence-electron chi connectivity index (χ4n) is 4.27. The zero-order valence-corrected chi connectivity index (χ0v) is 16.0. The molecule has 1 amide bonds. The van der Waals surface area contributed by atoms with E-state index in [0.717, 1.165) is 30.6 Å². The van der Waals surface area contributed by atoms with Crippen LogP contribution in [0.15, 0.2) is 48.5 Å². The van der Waals surface area contributed by atoms with Crippen LogP contribution in [-0.2, 0) is 4.79 Å². The van der Waals surface area contributed by atoms with Crippen LogP contribution in [0.4, 0.5) is 0 Å². The molecule has 3 unspecified atom stereocenters. The van der Waals surface area contributed by atoms with E-state index in [0.29, 0.717) is 6.04 Å². The van der Waals surface area contributed by atoms with Gasteiger partial charge in [-0.25, -0.2) is 5.43 Å². The number of piperidine rings is 1. The molecule has 2 aromatic rings. The van der Waals surface area contributed by atoms with Gasteiger partial charge in [0.25, 0.3) is 0 Å². The van der Waals surface area contributed by atoms with E-state index in [-0.39, 0.29) is 23.9 Å². The second-order valence-electron chi connectivity index (χ2n) is 7.80. The number of carbonyl (C=O) groups excluding carboxylic acids is 1. The highest BCUT2D eigenvalue weighted by Gasteiger charge is 2.41. The third kappa shape index (κ3) is 3.90. The van der Waals surface area contributed by atoms with E-state index in [9.17, 15) is 4.79 Å². The van der Waals surface area contributed by atoms with Gasteiger partial charge in [0.15, 0.2) is 0 Å². The summed E-state index contributed by atoms with van der Waals surface area (Å²) in [4.78, 5) is 13.2.